The van der Waals surface area contributed by atoms with Gasteiger partial charge in [-0.05, 0) is 34.1 Å². The topological polar surface area (TPSA) is 52.0 Å². The Morgan fingerprint density at radius 3 is 2.73 bits per heavy atom. The summed E-state index contributed by atoms with van der Waals surface area (Å²) >= 11 is 6.86. The van der Waals surface area contributed by atoms with Crippen LogP contribution < -0.4 is 5.73 Å². The van der Waals surface area contributed by atoms with E-state index in [1.54, 1.807) is 6.20 Å². The van der Waals surface area contributed by atoms with Crippen molar-refractivity contribution in [2.24, 2.45) is 5.73 Å². The van der Waals surface area contributed by atoms with E-state index in [9.17, 15) is 0 Å². The van der Waals surface area contributed by atoms with E-state index in [0.29, 0.717) is 12.4 Å². The maximum absolute atomic E-state index is 5.46. The van der Waals surface area contributed by atoms with E-state index in [-0.39, 0.29) is 0 Å². The summed E-state index contributed by atoms with van der Waals surface area (Å²) in [7, 11) is 0. The van der Waals surface area contributed by atoms with Gasteiger partial charge in [-0.1, -0.05) is 15.9 Å². The highest BCUT2D eigenvalue weighted by molar-refractivity contribution is 9.11. The molecule has 1 aromatic carbocycles. The molecule has 0 fully saturated rings. The summed E-state index contributed by atoms with van der Waals surface area (Å²) in [5, 5.41) is 0. The Kier molecular flexibility index (Phi) is 3.23. The normalized spacial score (nSPS) is 10.6. The number of rotatable bonds is 2. The summed E-state index contributed by atoms with van der Waals surface area (Å²) < 4.78 is 7.42. The van der Waals surface area contributed by atoms with Crippen molar-refractivity contribution in [3.8, 4) is 11.3 Å². The lowest BCUT2D eigenvalue weighted by molar-refractivity contribution is 0.509. The molecule has 15 heavy (non-hydrogen) atoms. The fourth-order valence-corrected chi connectivity index (χ4v) is 2.46. The van der Waals surface area contributed by atoms with Gasteiger partial charge in [0, 0.05) is 14.5 Å². The number of halogens is 2. The lowest BCUT2D eigenvalue weighted by Gasteiger charge is -2.00. The fraction of sp³-hybridized carbons (Fsp3) is 0.100. The lowest BCUT2D eigenvalue weighted by atomic mass is 10.2. The predicted octanol–water partition coefficient (Wildman–Crippen LogP) is 3.33. The van der Waals surface area contributed by atoms with Crippen molar-refractivity contribution in [3.05, 3.63) is 39.2 Å². The summed E-state index contributed by atoms with van der Waals surface area (Å²) in [5.41, 5.74) is 6.39. The molecule has 1 aromatic heterocycles. The van der Waals surface area contributed by atoms with Gasteiger partial charge in [-0.2, -0.15) is 0 Å². The third-order valence-corrected chi connectivity index (χ3v) is 3.07. The molecule has 2 aromatic rings. The van der Waals surface area contributed by atoms with Crippen LogP contribution in [0.2, 0.25) is 0 Å². The van der Waals surface area contributed by atoms with Crippen molar-refractivity contribution in [2.45, 2.75) is 6.54 Å². The van der Waals surface area contributed by atoms with Crippen molar-refractivity contribution >= 4 is 31.9 Å². The van der Waals surface area contributed by atoms with Crippen LogP contribution in [0.25, 0.3) is 11.3 Å². The largest absolute Gasteiger partial charge is 0.439 e. The third kappa shape index (κ3) is 2.30. The molecule has 0 radical (unpaired) electrons. The van der Waals surface area contributed by atoms with E-state index >= 15 is 0 Å². The molecule has 0 saturated heterocycles. The second kappa shape index (κ2) is 4.47. The van der Waals surface area contributed by atoms with Crippen LogP contribution in [0.15, 0.2) is 37.8 Å². The molecule has 5 heteroatoms. The summed E-state index contributed by atoms with van der Waals surface area (Å²) in [6.45, 7) is 0.314. The van der Waals surface area contributed by atoms with Gasteiger partial charge in [0.15, 0.2) is 5.76 Å². The number of hydrogen-bond donors (Lipinski definition) is 1. The number of hydrogen-bond acceptors (Lipinski definition) is 3. The van der Waals surface area contributed by atoms with Gasteiger partial charge in [0.05, 0.1) is 12.7 Å². The average molecular weight is 332 g/mol. The Labute approximate surface area is 104 Å². The fourth-order valence-electron chi connectivity index (χ4n) is 1.22. The maximum atomic E-state index is 5.46. The molecule has 0 aliphatic heterocycles. The minimum absolute atomic E-state index is 0.314. The highest BCUT2D eigenvalue weighted by atomic mass is 79.9. The number of oxazole rings is 1. The van der Waals surface area contributed by atoms with Crippen molar-refractivity contribution in [2.75, 3.05) is 0 Å². The van der Waals surface area contributed by atoms with Crippen molar-refractivity contribution in [3.63, 3.8) is 0 Å². The Morgan fingerprint density at radius 1 is 1.33 bits per heavy atom. The van der Waals surface area contributed by atoms with Gasteiger partial charge in [0.25, 0.3) is 0 Å². The molecule has 0 aliphatic carbocycles. The predicted molar refractivity (Wildman–Crippen MR) is 65.2 cm³/mol. The molecule has 0 spiro atoms. The van der Waals surface area contributed by atoms with E-state index in [0.717, 1.165) is 20.3 Å². The number of nitrogens with zero attached hydrogens (tertiary/aromatic N) is 1. The quantitative estimate of drug-likeness (QED) is 0.918. The van der Waals surface area contributed by atoms with Crippen LogP contribution >= 0.6 is 31.9 Å². The first-order chi connectivity index (χ1) is 7.20. The van der Waals surface area contributed by atoms with Crippen molar-refractivity contribution in [1.29, 1.82) is 0 Å². The zero-order valence-electron chi connectivity index (χ0n) is 7.71. The molecule has 0 bridgehead atoms. The first-order valence-corrected chi connectivity index (χ1v) is 5.89. The Bertz CT molecular complexity index is 482. The monoisotopic (exact) mass is 330 g/mol. The van der Waals surface area contributed by atoms with Crippen LogP contribution in [0.5, 0.6) is 0 Å². The van der Waals surface area contributed by atoms with E-state index in [4.69, 9.17) is 10.2 Å². The SMILES string of the molecule is NCc1ncc(-c2ccc(Br)cc2Br)o1. The molecule has 1 heterocycles. The van der Waals surface area contributed by atoms with Crippen LogP contribution in [0.4, 0.5) is 0 Å². The second-order valence-electron chi connectivity index (χ2n) is 2.95. The van der Waals surface area contributed by atoms with Gasteiger partial charge in [0.1, 0.15) is 0 Å². The number of benzene rings is 1. The van der Waals surface area contributed by atoms with Gasteiger partial charge >= 0.3 is 0 Å². The van der Waals surface area contributed by atoms with Gasteiger partial charge in [-0.25, -0.2) is 4.98 Å². The first kappa shape index (κ1) is 10.9. The van der Waals surface area contributed by atoms with Gasteiger partial charge in [0.2, 0.25) is 5.89 Å². The highest BCUT2D eigenvalue weighted by Crippen LogP contribution is 2.30. The summed E-state index contributed by atoms with van der Waals surface area (Å²) in [6, 6.07) is 5.86. The molecule has 0 amide bonds. The third-order valence-electron chi connectivity index (χ3n) is 1.92. The standard InChI is InChI=1S/C10H8Br2N2O/c11-6-1-2-7(8(12)3-6)9-5-14-10(4-13)15-9/h1-3,5H,4,13H2. The Balaban J connectivity index is 2.44. The number of nitrogens with two attached hydrogens (primary N) is 1. The zero-order valence-corrected chi connectivity index (χ0v) is 10.9. The van der Waals surface area contributed by atoms with E-state index in [1.807, 2.05) is 18.2 Å². The highest BCUT2D eigenvalue weighted by Gasteiger charge is 2.08. The van der Waals surface area contributed by atoms with Crippen LogP contribution in [0, 0.1) is 0 Å². The number of aromatic nitrogens is 1. The zero-order chi connectivity index (χ0) is 10.8. The maximum Gasteiger partial charge on any atom is 0.208 e. The minimum atomic E-state index is 0.314. The van der Waals surface area contributed by atoms with E-state index in [1.165, 1.54) is 0 Å². The summed E-state index contributed by atoms with van der Waals surface area (Å²) in [4.78, 5) is 4.05. The molecule has 78 valence electrons. The van der Waals surface area contributed by atoms with Gasteiger partial charge in [-0.15, -0.1) is 0 Å². The van der Waals surface area contributed by atoms with Crippen molar-refractivity contribution < 1.29 is 4.42 Å². The van der Waals surface area contributed by atoms with Crippen LogP contribution in [-0.2, 0) is 6.54 Å². The van der Waals surface area contributed by atoms with Gasteiger partial charge < -0.3 is 10.2 Å². The minimum Gasteiger partial charge on any atom is -0.439 e. The summed E-state index contributed by atoms with van der Waals surface area (Å²) in [5.74, 6) is 1.26. The van der Waals surface area contributed by atoms with E-state index < -0.39 is 0 Å². The van der Waals surface area contributed by atoms with Crippen molar-refractivity contribution in [1.82, 2.24) is 4.98 Å². The van der Waals surface area contributed by atoms with Crippen LogP contribution in [0.1, 0.15) is 5.89 Å². The molecule has 0 atom stereocenters. The summed E-state index contributed by atoms with van der Waals surface area (Å²) in [6.07, 6.45) is 1.68. The average Bonchev–Trinajstić information content (AvgIpc) is 2.66. The lowest BCUT2D eigenvalue weighted by Crippen LogP contribution is -1.94. The van der Waals surface area contributed by atoms with Crippen LogP contribution in [-0.4, -0.2) is 4.98 Å². The Morgan fingerprint density at radius 2 is 2.13 bits per heavy atom. The molecule has 0 unspecified atom stereocenters. The molecule has 3 nitrogen and oxygen atoms in total. The smallest absolute Gasteiger partial charge is 0.208 e. The molecule has 0 saturated carbocycles. The van der Waals surface area contributed by atoms with E-state index in [2.05, 4.69) is 36.8 Å². The molecule has 0 aliphatic rings. The first-order valence-electron chi connectivity index (χ1n) is 4.31. The molecule has 2 N–H and O–H groups in total. The van der Waals surface area contributed by atoms with Gasteiger partial charge in [-0.3, -0.25) is 0 Å². The second-order valence-corrected chi connectivity index (χ2v) is 4.72. The molecular weight excluding hydrogens is 324 g/mol. The Hall–Kier alpha value is -0.650. The molecular formula is C10H8Br2N2O. The molecule has 2 rings (SSSR count). The van der Waals surface area contributed by atoms with Crippen LogP contribution in [0.3, 0.4) is 0 Å².